The molecule has 0 N–H and O–H groups in total. The van der Waals surface area contributed by atoms with Gasteiger partial charge in [-0.25, -0.2) is 4.90 Å². The molecule has 0 saturated carbocycles. The second-order valence-electron chi connectivity index (χ2n) is 8.79. The van der Waals surface area contributed by atoms with Gasteiger partial charge in [0.15, 0.2) is 11.5 Å². The van der Waals surface area contributed by atoms with Gasteiger partial charge in [-0.2, -0.15) is 0 Å². The molecule has 2 aromatic carbocycles. The summed E-state index contributed by atoms with van der Waals surface area (Å²) in [6.07, 6.45) is 5.13. The Morgan fingerprint density at radius 3 is 2.32 bits per heavy atom. The van der Waals surface area contributed by atoms with Crippen molar-refractivity contribution in [2.24, 2.45) is 11.8 Å². The van der Waals surface area contributed by atoms with Gasteiger partial charge in [-0.1, -0.05) is 24.3 Å². The molecule has 0 unspecified atom stereocenters. The first kappa shape index (κ1) is 20.4. The number of fused-ring (bicyclic) bond motifs is 5. The van der Waals surface area contributed by atoms with Crippen LogP contribution in [0, 0.1) is 11.8 Å². The molecule has 34 heavy (non-hydrogen) atoms. The molecule has 3 aromatic rings. The summed E-state index contributed by atoms with van der Waals surface area (Å²) in [5.41, 5.74) is 2.75. The van der Waals surface area contributed by atoms with Crippen LogP contribution in [0.15, 0.2) is 77.5 Å². The minimum atomic E-state index is -0.872. The van der Waals surface area contributed by atoms with Gasteiger partial charge >= 0.3 is 0 Å². The average Bonchev–Trinajstić information content (AvgIpc) is 3.55. The SMILES string of the molecule is CC(=O)c1ccc(N2C(=O)[C@@H]3[C@H](C2=O)[C@H]2c4ccccc4C=CN2[C@H]3C(=O)c2ccco2)cc1. The van der Waals surface area contributed by atoms with E-state index in [4.69, 9.17) is 4.42 Å². The van der Waals surface area contributed by atoms with Crippen molar-refractivity contribution in [1.82, 2.24) is 4.90 Å². The first-order valence-electron chi connectivity index (χ1n) is 11.1. The summed E-state index contributed by atoms with van der Waals surface area (Å²) in [5, 5.41) is 0. The predicted molar refractivity (Wildman–Crippen MR) is 123 cm³/mol. The monoisotopic (exact) mass is 452 g/mol. The second kappa shape index (κ2) is 7.38. The number of nitrogens with zero attached hydrogens (tertiary/aromatic N) is 2. The fraction of sp³-hybridized carbons (Fsp3) is 0.185. The zero-order valence-electron chi connectivity index (χ0n) is 18.3. The largest absolute Gasteiger partial charge is 0.461 e. The predicted octanol–water partition coefficient (Wildman–Crippen LogP) is 3.88. The maximum atomic E-state index is 13.8. The van der Waals surface area contributed by atoms with Crippen LogP contribution in [-0.2, 0) is 9.59 Å². The highest BCUT2D eigenvalue weighted by Gasteiger charge is 2.64. The Kier molecular flexibility index (Phi) is 4.42. The van der Waals surface area contributed by atoms with Crippen LogP contribution in [0.2, 0.25) is 0 Å². The number of anilines is 1. The minimum absolute atomic E-state index is 0.104. The third-order valence-electron chi connectivity index (χ3n) is 7.03. The van der Waals surface area contributed by atoms with Crippen LogP contribution in [-0.4, -0.2) is 34.3 Å². The van der Waals surface area contributed by atoms with Crippen molar-refractivity contribution >= 4 is 35.1 Å². The molecule has 4 atom stereocenters. The fourth-order valence-electron chi connectivity index (χ4n) is 5.52. The normalized spacial score (nSPS) is 24.7. The van der Waals surface area contributed by atoms with E-state index in [1.165, 1.54) is 18.1 Å². The number of imide groups is 1. The number of hydrogen-bond donors (Lipinski definition) is 0. The quantitative estimate of drug-likeness (QED) is 0.441. The zero-order chi connectivity index (χ0) is 23.6. The molecule has 7 heteroatoms. The molecule has 168 valence electrons. The molecule has 0 radical (unpaired) electrons. The Bertz CT molecular complexity index is 1370. The van der Waals surface area contributed by atoms with E-state index in [0.29, 0.717) is 11.3 Å². The molecule has 0 bridgehead atoms. The van der Waals surface area contributed by atoms with Crippen molar-refractivity contribution in [3.05, 3.63) is 95.6 Å². The van der Waals surface area contributed by atoms with Crippen LogP contribution in [0.25, 0.3) is 6.08 Å². The Balaban J connectivity index is 1.47. The molecule has 3 aliphatic heterocycles. The fourth-order valence-corrected chi connectivity index (χ4v) is 5.52. The van der Waals surface area contributed by atoms with Crippen LogP contribution < -0.4 is 4.90 Å². The number of ketones is 2. The Morgan fingerprint density at radius 2 is 1.62 bits per heavy atom. The van der Waals surface area contributed by atoms with Crippen molar-refractivity contribution < 1.29 is 23.6 Å². The molecule has 0 spiro atoms. The topological polar surface area (TPSA) is 87.9 Å². The van der Waals surface area contributed by atoms with E-state index in [1.54, 1.807) is 36.4 Å². The highest BCUT2D eigenvalue weighted by atomic mass is 16.3. The Labute approximate surface area is 195 Å². The number of furan rings is 1. The van der Waals surface area contributed by atoms with Crippen LogP contribution in [0.3, 0.4) is 0 Å². The summed E-state index contributed by atoms with van der Waals surface area (Å²) in [4.78, 5) is 55.8. The molecular weight excluding hydrogens is 432 g/mol. The first-order chi connectivity index (χ1) is 16.5. The van der Waals surface area contributed by atoms with Gasteiger partial charge in [-0.3, -0.25) is 19.2 Å². The Hall–Kier alpha value is -4.26. The van der Waals surface area contributed by atoms with Crippen molar-refractivity contribution in [2.75, 3.05) is 4.90 Å². The molecule has 4 heterocycles. The van der Waals surface area contributed by atoms with E-state index in [9.17, 15) is 19.2 Å². The van der Waals surface area contributed by atoms with Gasteiger partial charge in [0, 0.05) is 11.8 Å². The van der Waals surface area contributed by atoms with Crippen LogP contribution in [0.1, 0.15) is 45.0 Å². The molecular formula is C27H20N2O5. The second-order valence-corrected chi connectivity index (χ2v) is 8.79. The molecule has 7 nitrogen and oxygen atoms in total. The van der Waals surface area contributed by atoms with Crippen molar-refractivity contribution in [2.45, 2.75) is 19.0 Å². The maximum absolute atomic E-state index is 13.8. The summed E-state index contributed by atoms with van der Waals surface area (Å²) >= 11 is 0. The lowest BCUT2D eigenvalue weighted by molar-refractivity contribution is -0.123. The summed E-state index contributed by atoms with van der Waals surface area (Å²) < 4.78 is 5.37. The number of benzene rings is 2. The van der Waals surface area contributed by atoms with Crippen molar-refractivity contribution in [1.29, 1.82) is 0 Å². The number of hydrogen-bond acceptors (Lipinski definition) is 6. The van der Waals surface area contributed by atoms with Crippen LogP contribution in [0.4, 0.5) is 5.69 Å². The van der Waals surface area contributed by atoms with E-state index in [2.05, 4.69) is 0 Å². The lowest BCUT2D eigenvalue weighted by atomic mass is 9.84. The first-order valence-corrected chi connectivity index (χ1v) is 11.1. The summed E-state index contributed by atoms with van der Waals surface area (Å²) in [6, 6.07) is 16.0. The van der Waals surface area contributed by atoms with E-state index in [-0.39, 0.29) is 23.2 Å². The summed E-state index contributed by atoms with van der Waals surface area (Å²) in [5.74, 6) is -2.64. The van der Waals surface area contributed by atoms with Gasteiger partial charge in [-0.05, 0) is 60.5 Å². The maximum Gasteiger partial charge on any atom is 0.240 e. The van der Waals surface area contributed by atoms with Gasteiger partial charge in [0.05, 0.1) is 29.8 Å². The summed E-state index contributed by atoms with van der Waals surface area (Å²) in [7, 11) is 0. The Morgan fingerprint density at radius 1 is 0.882 bits per heavy atom. The molecule has 6 rings (SSSR count). The van der Waals surface area contributed by atoms with Gasteiger partial charge in [0.1, 0.15) is 6.04 Å². The minimum Gasteiger partial charge on any atom is -0.461 e. The number of carbonyl (C=O) groups is 4. The van der Waals surface area contributed by atoms with Gasteiger partial charge in [0.2, 0.25) is 17.6 Å². The van der Waals surface area contributed by atoms with E-state index >= 15 is 0 Å². The number of amides is 2. The van der Waals surface area contributed by atoms with Gasteiger partial charge in [0.25, 0.3) is 0 Å². The lowest BCUT2D eigenvalue weighted by Gasteiger charge is -2.35. The number of rotatable bonds is 4. The summed E-state index contributed by atoms with van der Waals surface area (Å²) in [6.45, 7) is 1.46. The average molecular weight is 452 g/mol. The third kappa shape index (κ3) is 2.76. The molecule has 2 amide bonds. The third-order valence-corrected chi connectivity index (χ3v) is 7.03. The van der Waals surface area contributed by atoms with Gasteiger partial charge in [-0.15, -0.1) is 0 Å². The van der Waals surface area contributed by atoms with E-state index in [1.807, 2.05) is 41.4 Å². The number of carbonyl (C=O) groups excluding carboxylic acids is 4. The molecule has 2 saturated heterocycles. The molecule has 0 aliphatic carbocycles. The van der Waals surface area contributed by atoms with Crippen LogP contribution in [0.5, 0.6) is 0 Å². The zero-order valence-corrected chi connectivity index (χ0v) is 18.3. The molecule has 3 aliphatic rings. The standard InChI is InChI=1S/C27H20N2O5/c1-15(30)16-8-10-18(11-9-16)29-26(32)21-22(27(29)33)24(25(31)20-7-4-14-34-20)28-13-12-17-5-2-3-6-19(17)23(21)28/h2-14,21-24H,1H3/t21-,22+,23+,24+/m0/s1. The van der Waals surface area contributed by atoms with Crippen LogP contribution >= 0.6 is 0 Å². The highest BCUT2D eigenvalue weighted by molar-refractivity contribution is 6.24. The van der Waals surface area contributed by atoms with E-state index in [0.717, 1.165) is 11.1 Å². The number of Topliss-reactive ketones (excluding diaryl/α,β-unsaturated/α-hetero) is 2. The van der Waals surface area contributed by atoms with Crippen molar-refractivity contribution in [3.63, 3.8) is 0 Å². The highest BCUT2D eigenvalue weighted by Crippen LogP contribution is 2.53. The molecule has 1 aromatic heterocycles. The van der Waals surface area contributed by atoms with Gasteiger partial charge < -0.3 is 9.32 Å². The van der Waals surface area contributed by atoms with E-state index < -0.39 is 29.8 Å². The molecule has 2 fully saturated rings. The smallest absolute Gasteiger partial charge is 0.240 e. The van der Waals surface area contributed by atoms with Crippen molar-refractivity contribution in [3.8, 4) is 0 Å². The lowest BCUT2D eigenvalue weighted by Crippen LogP contribution is -2.44.